The molecule has 0 saturated heterocycles. The zero-order valence-electron chi connectivity index (χ0n) is 16.4. The molecule has 5 nitrogen and oxygen atoms in total. The molecule has 32 heavy (non-hydrogen) atoms. The Kier molecular flexibility index (Phi) is 5.72. The Morgan fingerprint density at radius 3 is 2.47 bits per heavy atom. The molecule has 3 aromatic heterocycles. The van der Waals surface area contributed by atoms with Gasteiger partial charge in [-0.2, -0.15) is 22.0 Å². The average molecular weight is 469 g/mol. The van der Waals surface area contributed by atoms with E-state index in [-0.39, 0.29) is 34.2 Å². The Hall–Kier alpha value is -3.27. The number of pyridine rings is 1. The second-order valence-corrected chi connectivity index (χ2v) is 7.21. The summed E-state index contributed by atoms with van der Waals surface area (Å²) >= 11 is 5.67. The average Bonchev–Trinajstić information content (AvgIpc) is 3.02. The number of halogens is 6. The first-order valence-electron chi connectivity index (χ1n) is 9.23. The first kappa shape index (κ1) is 21.9. The highest BCUT2D eigenvalue weighted by atomic mass is 35.5. The summed E-state index contributed by atoms with van der Waals surface area (Å²) in [7, 11) is 0. The third-order valence-electron chi connectivity index (χ3n) is 4.84. The molecule has 11 heteroatoms. The van der Waals surface area contributed by atoms with Crippen LogP contribution in [-0.4, -0.2) is 26.0 Å². The van der Waals surface area contributed by atoms with E-state index in [0.29, 0.717) is 17.0 Å². The molecule has 0 saturated carbocycles. The van der Waals surface area contributed by atoms with Crippen LogP contribution in [0.15, 0.2) is 48.9 Å². The molecule has 0 unspecified atom stereocenters. The van der Waals surface area contributed by atoms with Crippen LogP contribution in [-0.2, 0) is 12.6 Å². The topological polar surface area (TPSA) is 52.3 Å². The van der Waals surface area contributed by atoms with Gasteiger partial charge >= 0.3 is 12.8 Å². The van der Waals surface area contributed by atoms with Crippen molar-refractivity contribution in [3.05, 3.63) is 76.7 Å². The van der Waals surface area contributed by atoms with Gasteiger partial charge < -0.3 is 9.14 Å². The second kappa shape index (κ2) is 8.34. The summed E-state index contributed by atoms with van der Waals surface area (Å²) < 4.78 is 72.9. The first-order valence-corrected chi connectivity index (χ1v) is 9.60. The van der Waals surface area contributed by atoms with Crippen molar-refractivity contribution in [3.63, 3.8) is 0 Å². The van der Waals surface area contributed by atoms with Crippen LogP contribution in [0.5, 0.6) is 5.75 Å². The van der Waals surface area contributed by atoms with E-state index in [0.717, 1.165) is 6.07 Å². The second-order valence-electron chi connectivity index (χ2n) is 6.87. The van der Waals surface area contributed by atoms with Crippen molar-refractivity contribution >= 4 is 17.2 Å². The fourth-order valence-corrected chi connectivity index (χ4v) is 3.52. The summed E-state index contributed by atoms with van der Waals surface area (Å²) in [6, 6.07) is 7.15. The summed E-state index contributed by atoms with van der Waals surface area (Å²) in [5.74, 6) is -0.0184. The van der Waals surface area contributed by atoms with E-state index in [1.54, 1.807) is 25.1 Å². The SMILES string of the molecule is Cc1nc2cc(C(F)(F)F)c(-c3cnc(Cl)nc3)cn2c1Cc1ccccc1OC(F)F. The van der Waals surface area contributed by atoms with Crippen LogP contribution in [0.2, 0.25) is 5.28 Å². The lowest BCUT2D eigenvalue weighted by Gasteiger charge is -2.15. The van der Waals surface area contributed by atoms with E-state index in [9.17, 15) is 22.0 Å². The van der Waals surface area contributed by atoms with Crippen molar-refractivity contribution in [1.82, 2.24) is 19.4 Å². The molecule has 0 radical (unpaired) electrons. The van der Waals surface area contributed by atoms with Crippen molar-refractivity contribution in [2.75, 3.05) is 0 Å². The molecule has 0 fully saturated rings. The number of aromatic nitrogens is 4. The van der Waals surface area contributed by atoms with E-state index in [2.05, 4.69) is 19.7 Å². The maximum Gasteiger partial charge on any atom is 0.417 e. The van der Waals surface area contributed by atoms with Gasteiger partial charge in [0.1, 0.15) is 11.4 Å². The van der Waals surface area contributed by atoms with E-state index in [1.165, 1.54) is 29.1 Å². The molecule has 166 valence electrons. The molecule has 0 aliphatic carbocycles. The number of benzene rings is 1. The maximum atomic E-state index is 13.8. The van der Waals surface area contributed by atoms with Gasteiger partial charge in [0, 0.05) is 47.4 Å². The molecule has 0 aliphatic rings. The van der Waals surface area contributed by atoms with Crippen molar-refractivity contribution in [2.45, 2.75) is 26.1 Å². The van der Waals surface area contributed by atoms with E-state index in [4.69, 9.17) is 11.6 Å². The van der Waals surface area contributed by atoms with Gasteiger partial charge in [-0.1, -0.05) is 18.2 Å². The third kappa shape index (κ3) is 4.36. The zero-order valence-corrected chi connectivity index (χ0v) is 17.1. The van der Waals surface area contributed by atoms with Gasteiger partial charge in [0.2, 0.25) is 5.28 Å². The Bertz CT molecular complexity index is 1270. The maximum absolute atomic E-state index is 13.8. The molecule has 1 aromatic carbocycles. The smallest absolute Gasteiger partial charge is 0.417 e. The number of alkyl halides is 5. The Morgan fingerprint density at radius 1 is 1.12 bits per heavy atom. The van der Waals surface area contributed by atoms with Crippen LogP contribution in [0, 0.1) is 6.92 Å². The van der Waals surface area contributed by atoms with Crippen LogP contribution in [0.25, 0.3) is 16.8 Å². The highest BCUT2D eigenvalue weighted by molar-refractivity contribution is 6.28. The molecular weight excluding hydrogens is 455 g/mol. The van der Waals surface area contributed by atoms with Gasteiger partial charge in [-0.3, -0.25) is 0 Å². The van der Waals surface area contributed by atoms with Gasteiger partial charge in [0.05, 0.1) is 11.3 Å². The van der Waals surface area contributed by atoms with Crippen LogP contribution in [0.4, 0.5) is 22.0 Å². The van der Waals surface area contributed by atoms with Gasteiger partial charge in [-0.15, -0.1) is 0 Å². The zero-order chi connectivity index (χ0) is 23.0. The minimum Gasteiger partial charge on any atom is -0.435 e. The summed E-state index contributed by atoms with van der Waals surface area (Å²) in [5, 5.41) is -0.0989. The number of ether oxygens (including phenoxy) is 1. The number of rotatable bonds is 5. The number of aryl methyl sites for hydroxylation is 1. The number of para-hydroxylation sites is 1. The Morgan fingerprint density at radius 2 is 1.81 bits per heavy atom. The summed E-state index contributed by atoms with van der Waals surface area (Å²) in [6.07, 6.45) is -0.870. The molecule has 4 aromatic rings. The predicted molar refractivity (Wildman–Crippen MR) is 107 cm³/mol. The lowest BCUT2D eigenvalue weighted by molar-refractivity contribution is -0.137. The van der Waals surface area contributed by atoms with E-state index < -0.39 is 18.4 Å². The van der Waals surface area contributed by atoms with Crippen LogP contribution < -0.4 is 4.74 Å². The normalized spacial score (nSPS) is 12.0. The molecule has 0 atom stereocenters. The quantitative estimate of drug-likeness (QED) is 0.268. The molecule has 0 aliphatic heterocycles. The lowest BCUT2D eigenvalue weighted by Crippen LogP contribution is -2.10. The van der Waals surface area contributed by atoms with Crippen LogP contribution >= 0.6 is 11.6 Å². The monoisotopic (exact) mass is 468 g/mol. The molecule has 0 N–H and O–H groups in total. The number of fused-ring (bicyclic) bond motifs is 1. The Labute approximate surface area is 183 Å². The van der Waals surface area contributed by atoms with Gasteiger partial charge in [-0.25, -0.2) is 15.0 Å². The summed E-state index contributed by atoms with van der Waals surface area (Å²) in [6.45, 7) is -1.37. The largest absolute Gasteiger partial charge is 0.435 e. The summed E-state index contributed by atoms with van der Waals surface area (Å²) in [5.41, 5.74) is 0.517. The predicted octanol–water partition coefficient (Wildman–Crippen LogP) is 5.96. The van der Waals surface area contributed by atoms with Gasteiger partial charge in [0.15, 0.2) is 0 Å². The number of nitrogens with zero attached hydrogens (tertiary/aromatic N) is 4. The standard InChI is InChI=1S/C21H14ClF5N4O/c1-11-16(6-12-4-2-3-5-17(12)32-20(23)24)31-10-14(13-8-28-19(22)29-9-13)15(21(25,26)27)7-18(31)30-11/h2-5,7-10,20H,6H2,1H3. The molecule has 3 heterocycles. The fourth-order valence-electron chi connectivity index (χ4n) is 3.42. The number of hydrogen-bond acceptors (Lipinski definition) is 4. The van der Waals surface area contributed by atoms with Crippen molar-refractivity contribution in [1.29, 1.82) is 0 Å². The van der Waals surface area contributed by atoms with Crippen LogP contribution in [0.1, 0.15) is 22.5 Å². The highest BCUT2D eigenvalue weighted by Crippen LogP contribution is 2.38. The fraction of sp³-hybridized carbons (Fsp3) is 0.190. The minimum absolute atomic E-state index is 0.0184. The molecule has 0 spiro atoms. The van der Waals surface area contributed by atoms with E-state index >= 15 is 0 Å². The third-order valence-corrected chi connectivity index (χ3v) is 5.04. The number of imidazole rings is 1. The molecule has 4 rings (SSSR count). The minimum atomic E-state index is -4.66. The van der Waals surface area contributed by atoms with Crippen molar-refractivity contribution in [2.24, 2.45) is 0 Å². The van der Waals surface area contributed by atoms with Crippen molar-refractivity contribution < 1.29 is 26.7 Å². The van der Waals surface area contributed by atoms with Gasteiger partial charge in [-0.05, 0) is 30.7 Å². The molecule has 0 bridgehead atoms. The molecular formula is C21H14ClF5N4O. The summed E-state index contributed by atoms with van der Waals surface area (Å²) in [4.78, 5) is 11.8. The van der Waals surface area contributed by atoms with Crippen molar-refractivity contribution in [3.8, 4) is 16.9 Å². The van der Waals surface area contributed by atoms with Crippen LogP contribution in [0.3, 0.4) is 0 Å². The highest BCUT2D eigenvalue weighted by Gasteiger charge is 2.35. The lowest BCUT2D eigenvalue weighted by atomic mass is 10.0. The van der Waals surface area contributed by atoms with Gasteiger partial charge in [0.25, 0.3) is 0 Å². The molecule has 0 amide bonds. The van der Waals surface area contributed by atoms with E-state index in [1.807, 2.05) is 0 Å². The first-order chi connectivity index (χ1) is 15.1. The number of hydrogen-bond donors (Lipinski definition) is 0. The Balaban J connectivity index is 1.88.